The van der Waals surface area contributed by atoms with Crippen LogP contribution in [0.2, 0.25) is 0 Å². The van der Waals surface area contributed by atoms with Crippen LogP contribution in [0.1, 0.15) is 13.8 Å². The van der Waals surface area contributed by atoms with E-state index < -0.39 is 15.6 Å². The van der Waals surface area contributed by atoms with E-state index >= 15 is 0 Å². The molecule has 1 heterocycles. The number of anilines is 2. The van der Waals surface area contributed by atoms with Crippen LogP contribution >= 0.6 is 0 Å². The SMILES string of the molecule is CC(C)(Oc1ccccc1)C(=O)Nc1ccc(N2CCN(S(C)(=O)=O)CC2)cc1. The number of hydrogen-bond donors (Lipinski definition) is 1. The zero-order valence-electron chi connectivity index (χ0n) is 17.0. The Bertz CT molecular complexity index is 936. The highest BCUT2D eigenvalue weighted by Crippen LogP contribution is 2.23. The van der Waals surface area contributed by atoms with Gasteiger partial charge in [-0.05, 0) is 50.2 Å². The van der Waals surface area contributed by atoms with Crippen LogP contribution < -0.4 is 15.0 Å². The molecule has 7 nitrogen and oxygen atoms in total. The second kappa shape index (κ2) is 8.42. The predicted octanol–water partition coefficient (Wildman–Crippen LogP) is 2.56. The summed E-state index contributed by atoms with van der Waals surface area (Å²) in [6.45, 7) is 5.67. The summed E-state index contributed by atoms with van der Waals surface area (Å²) >= 11 is 0. The molecule has 29 heavy (non-hydrogen) atoms. The predicted molar refractivity (Wildman–Crippen MR) is 115 cm³/mol. The van der Waals surface area contributed by atoms with Gasteiger partial charge in [0.05, 0.1) is 6.26 Å². The molecule has 1 amide bonds. The molecule has 0 aromatic heterocycles. The Labute approximate surface area is 172 Å². The summed E-state index contributed by atoms with van der Waals surface area (Å²) in [7, 11) is -3.14. The van der Waals surface area contributed by atoms with Gasteiger partial charge in [-0.15, -0.1) is 0 Å². The molecule has 0 unspecified atom stereocenters. The Kier molecular flexibility index (Phi) is 6.14. The summed E-state index contributed by atoms with van der Waals surface area (Å²) in [5, 5.41) is 2.89. The number of piperazine rings is 1. The third kappa shape index (κ3) is 5.48. The smallest absolute Gasteiger partial charge is 0.267 e. The standard InChI is InChI=1S/C21H27N3O4S/c1-21(2,28-19-7-5-4-6-8-19)20(25)22-17-9-11-18(12-10-17)23-13-15-24(16-14-23)29(3,26)27/h4-12H,13-16H2,1-3H3,(H,22,25). The van der Waals surface area contributed by atoms with Gasteiger partial charge < -0.3 is 15.0 Å². The molecule has 0 radical (unpaired) electrons. The largest absolute Gasteiger partial charge is 0.478 e. The average Bonchev–Trinajstić information content (AvgIpc) is 2.68. The number of carbonyl (C=O) groups is 1. The van der Waals surface area contributed by atoms with Crippen molar-refractivity contribution in [3.8, 4) is 5.75 Å². The van der Waals surface area contributed by atoms with E-state index in [0.717, 1.165) is 5.69 Å². The lowest BCUT2D eigenvalue weighted by Gasteiger charge is -2.34. The molecule has 1 aliphatic heterocycles. The molecular formula is C21H27N3O4S. The molecule has 0 spiro atoms. The zero-order valence-corrected chi connectivity index (χ0v) is 17.8. The first kappa shape index (κ1) is 21.1. The summed E-state index contributed by atoms with van der Waals surface area (Å²) < 4.78 is 30.6. The van der Waals surface area contributed by atoms with E-state index in [-0.39, 0.29) is 5.91 Å². The van der Waals surface area contributed by atoms with Crippen molar-refractivity contribution in [3.63, 3.8) is 0 Å². The first-order chi connectivity index (χ1) is 13.6. The number of rotatable bonds is 6. The zero-order chi connectivity index (χ0) is 21.1. The molecule has 0 atom stereocenters. The average molecular weight is 418 g/mol. The van der Waals surface area contributed by atoms with Crippen molar-refractivity contribution in [1.82, 2.24) is 4.31 Å². The number of sulfonamides is 1. The number of amides is 1. The summed E-state index contributed by atoms with van der Waals surface area (Å²) in [5.74, 6) is 0.395. The summed E-state index contributed by atoms with van der Waals surface area (Å²) in [4.78, 5) is 14.8. The fourth-order valence-corrected chi connectivity index (χ4v) is 3.97. The van der Waals surface area contributed by atoms with Crippen molar-refractivity contribution in [2.75, 3.05) is 42.7 Å². The van der Waals surface area contributed by atoms with Gasteiger partial charge in [0.2, 0.25) is 10.0 Å². The van der Waals surface area contributed by atoms with E-state index in [2.05, 4.69) is 10.2 Å². The monoisotopic (exact) mass is 417 g/mol. The minimum absolute atomic E-state index is 0.240. The highest BCUT2D eigenvalue weighted by Gasteiger charge is 2.30. The summed E-state index contributed by atoms with van der Waals surface area (Å²) in [6, 6.07) is 16.8. The van der Waals surface area contributed by atoms with Gasteiger partial charge in [-0.2, -0.15) is 4.31 Å². The molecule has 1 N–H and O–H groups in total. The lowest BCUT2D eigenvalue weighted by Crippen LogP contribution is -2.48. The second-order valence-electron chi connectivity index (χ2n) is 7.58. The van der Waals surface area contributed by atoms with Crippen molar-refractivity contribution in [2.45, 2.75) is 19.4 Å². The maximum absolute atomic E-state index is 12.6. The fourth-order valence-electron chi connectivity index (χ4n) is 3.14. The number of nitrogens with zero attached hydrogens (tertiary/aromatic N) is 2. The van der Waals surface area contributed by atoms with Crippen molar-refractivity contribution < 1.29 is 17.9 Å². The lowest BCUT2D eigenvalue weighted by molar-refractivity contribution is -0.128. The van der Waals surface area contributed by atoms with Gasteiger partial charge in [0, 0.05) is 37.6 Å². The Morgan fingerprint density at radius 1 is 0.966 bits per heavy atom. The second-order valence-corrected chi connectivity index (χ2v) is 9.56. The van der Waals surface area contributed by atoms with Gasteiger partial charge >= 0.3 is 0 Å². The van der Waals surface area contributed by atoms with Crippen LogP contribution in [0.15, 0.2) is 54.6 Å². The molecule has 0 bridgehead atoms. The highest BCUT2D eigenvalue weighted by molar-refractivity contribution is 7.88. The van der Waals surface area contributed by atoms with Gasteiger partial charge in [0.25, 0.3) is 5.91 Å². The van der Waals surface area contributed by atoms with Crippen LogP contribution in [0.5, 0.6) is 5.75 Å². The van der Waals surface area contributed by atoms with Crippen LogP contribution in [-0.4, -0.2) is 56.7 Å². The molecule has 2 aromatic carbocycles. The first-order valence-electron chi connectivity index (χ1n) is 9.51. The quantitative estimate of drug-likeness (QED) is 0.782. The molecule has 0 aliphatic carbocycles. The van der Waals surface area contributed by atoms with Crippen LogP contribution in [0.25, 0.3) is 0 Å². The molecule has 8 heteroatoms. The summed E-state index contributed by atoms with van der Waals surface area (Å²) in [6.07, 6.45) is 1.24. The van der Waals surface area contributed by atoms with Crippen molar-refractivity contribution >= 4 is 27.3 Å². The molecular weight excluding hydrogens is 390 g/mol. The van der Waals surface area contributed by atoms with Gasteiger partial charge in [0.1, 0.15) is 5.75 Å². The molecule has 156 valence electrons. The van der Waals surface area contributed by atoms with Gasteiger partial charge in [-0.1, -0.05) is 18.2 Å². The number of ether oxygens (including phenoxy) is 1. The van der Waals surface area contributed by atoms with Gasteiger partial charge in [-0.25, -0.2) is 8.42 Å². The van der Waals surface area contributed by atoms with E-state index in [1.165, 1.54) is 10.6 Å². The van der Waals surface area contributed by atoms with E-state index in [4.69, 9.17) is 4.74 Å². The highest BCUT2D eigenvalue weighted by atomic mass is 32.2. The van der Waals surface area contributed by atoms with E-state index in [9.17, 15) is 13.2 Å². The molecule has 1 fully saturated rings. The third-order valence-electron chi connectivity index (χ3n) is 4.86. The number of para-hydroxylation sites is 1. The molecule has 1 saturated heterocycles. The van der Waals surface area contributed by atoms with E-state index in [1.54, 1.807) is 13.8 Å². The van der Waals surface area contributed by atoms with Crippen LogP contribution in [0.4, 0.5) is 11.4 Å². The Morgan fingerprint density at radius 2 is 1.55 bits per heavy atom. The van der Waals surface area contributed by atoms with Gasteiger partial charge in [-0.3, -0.25) is 4.79 Å². The number of carbonyl (C=O) groups excluding carboxylic acids is 1. The Balaban J connectivity index is 1.58. The maximum atomic E-state index is 12.6. The summed E-state index contributed by atoms with van der Waals surface area (Å²) in [5.41, 5.74) is 0.649. The minimum Gasteiger partial charge on any atom is -0.478 e. The molecule has 3 rings (SSSR count). The number of nitrogens with one attached hydrogen (secondary N) is 1. The topological polar surface area (TPSA) is 79.0 Å². The lowest BCUT2D eigenvalue weighted by atomic mass is 10.1. The van der Waals surface area contributed by atoms with E-state index in [1.807, 2.05) is 54.6 Å². The number of hydrogen-bond acceptors (Lipinski definition) is 5. The fraction of sp³-hybridized carbons (Fsp3) is 0.381. The molecule has 1 aliphatic rings. The first-order valence-corrected chi connectivity index (χ1v) is 11.4. The van der Waals surface area contributed by atoms with Crippen molar-refractivity contribution in [3.05, 3.63) is 54.6 Å². The Hall–Kier alpha value is -2.58. The van der Waals surface area contributed by atoms with E-state index in [0.29, 0.717) is 37.6 Å². The van der Waals surface area contributed by atoms with Crippen LogP contribution in [-0.2, 0) is 14.8 Å². The third-order valence-corrected chi connectivity index (χ3v) is 6.16. The van der Waals surface area contributed by atoms with Crippen LogP contribution in [0.3, 0.4) is 0 Å². The normalized spacial score (nSPS) is 15.8. The Morgan fingerprint density at radius 3 is 2.10 bits per heavy atom. The minimum atomic E-state index is -3.14. The number of benzene rings is 2. The van der Waals surface area contributed by atoms with Crippen LogP contribution in [0, 0.1) is 0 Å². The van der Waals surface area contributed by atoms with Crippen molar-refractivity contribution in [2.24, 2.45) is 0 Å². The molecule has 0 saturated carbocycles. The maximum Gasteiger partial charge on any atom is 0.267 e. The molecule has 2 aromatic rings. The van der Waals surface area contributed by atoms with Gasteiger partial charge in [0.15, 0.2) is 5.60 Å². The van der Waals surface area contributed by atoms with Crippen molar-refractivity contribution in [1.29, 1.82) is 0 Å².